The van der Waals surface area contributed by atoms with Crippen LogP contribution in [0, 0.1) is 6.92 Å². The monoisotopic (exact) mass is 308 g/mol. The van der Waals surface area contributed by atoms with Crippen LogP contribution in [0.5, 0.6) is 5.75 Å². The minimum absolute atomic E-state index is 0.339. The van der Waals surface area contributed by atoms with Gasteiger partial charge >= 0.3 is 0 Å². The minimum Gasteiger partial charge on any atom is -0.858 e. The number of H-pyrrole nitrogens is 1. The standard InChI is InChI=1S/C16H15N5O2/c1-10-3-8-14(23-2)13(9-10)17-16(22)12-6-4-11(5-7-12)15-18-20-21-19-15/h3-9H,1-2H3,(H,17,22)(H,18,19,20,21)/p-1. The number of nitrogens with zero attached hydrogens (tertiary/aromatic N) is 4. The van der Waals surface area contributed by atoms with Crippen LogP contribution in [0.4, 0.5) is 5.69 Å². The second-order valence-corrected chi connectivity index (χ2v) is 4.91. The number of tetrazole rings is 1. The lowest BCUT2D eigenvalue weighted by molar-refractivity contribution is -0.212. The van der Waals surface area contributed by atoms with E-state index in [0.717, 1.165) is 11.1 Å². The Morgan fingerprint density at radius 1 is 1.17 bits per heavy atom. The van der Waals surface area contributed by atoms with Gasteiger partial charge in [-0.05, 0) is 41.3 Å². The summed E-state index contributed by atoms with van der Waals surface area (Å²) in [5.74, 6) is 0.697. The zero-order valence-electron chi connectivity index (χ0n) is 12.6. The molecule has 0 aliphatic carbocycles. The Hall–Kier alpha value is -3.22. The highest BCUT2D eigenvalue weighted by Gasteiger charge is 2.04. The van der Waals surface area contributed by atoms with Crippen LogP contribution in [0.3, 0.4) is 0 Å². The highest BCUT2D eigenvalue weighted by Crippen LogP contribution is 2.28. The molecule has 0 amide bonds. The summed E-state index contributed by atoms with van der Waals surface area (Å²) in [7, 11) is 1.55. The molecule has 0 bridgehead atoms. The Bertz CT molecular complexity index is 826. The normalized spacial score (nSPS) is 11.5. The van der Waals surface area contributed by atoms with E-state index in [-0.39, 0.29) is 5.90 Å². The van der Waals surface area contributed by atoms with Crippen molar-refractivity contribution in [1.29, 1.82) is 0 Å². The SMILES string of the molecule is COc1ccc(C)cc1N=C([O-])c1ccc(-c2nn[nH]n2)cc1. The van der Waals surface area contributed by atoms with Crippen molar-refractivity contribution in [2.75, 3.05) is 7.11 Å². The molecule has 116 valence electrons. The molecule has 0 spiro atoms. The number of aryl methyl sites for hydroxylation is 1. The van der Waals surface area contributed by atoms with Crippen molar-refractivity contribution in [3.05, 3.63) is 53.6 Å². The van der Waals surface area contributed by atoms with E-state index in [1.807, 2.05) is 19.1 Å². The largest absolute Gasteiger partial charge is 0.858 e. The molecule has 1 aromatic heterocycles. The predicted octanol–water partition coefficient (Wildman–Crippen LogP) is 1.62. The lowest BCUT2D eigenvalue weighted by Crippen LogP contribution is -2.18. The Balaban J connectivity index is 1.91. The zero-order valence-corrected chi connectivity index (χ0v) is 12.6. The molecule has 0 atom stereocenters. The average molecular weight is 308 g/mol. The van der Waals surface area contributed by atoms with Crippen molar-refractivity contribution >= 4 is 11.6 Å². The maximum Gasteiger partial charge on any atom is 0.204 e. The van der Waals surface area contributed by atoms with Gasteiger partial charge in [0.05, 0.1) is 7.11 Å². The molecule has 0 saturated carbocycles. The molecule has 0 aliphatic rings. The maximum absolute atomic E-state index is 12.3. The van der Waals surface area contributed by atoms with E-state index >= 15 is 0 Å². The number of methoxy groups -OCH3 is 1. The summed E-state index contributed by atoms with van der Waals surface area (Å²) in [6.45, 7) is 1.93. The van der Waals surface area contributed by atoms with Gasteiger partial charge in [0.25, 0.3) is 0 Å². The summed E-state index contributed by atoms with van der Waals surface area (Å²) in [5.41, 5.74) is 2.76. The average Bonchev–Trinajstić information content (AvgIpc) is 3.10. The summed E-state index contributed by atoms with van der Waals surface area (Å²) in [4.78, 5) is 4.14. The highest BCUT2D eigenvalue weighted by molar-refractivity contribution is 5.93. The van der Waals surface area contributed by atoms with Crippen molar-refractivity contribution in [2.45, 2.75) is 6.92 Å². The molecule has 23 heavy (non-hydrogen) atoms. The molecule has 7 heteroatoms. The van der Waals surface area contributed by atoms with Gasteiger partial charge in [0, 0.05) is 5.56 Å². The van der Waals surface area contributed by atoms with Crippen LogP contribution in [0.25, 0.3) is 11.4 Å². The van der Waals surface area contributed by atoms with Gasteiger partial charge in [-0.3, -0.25) is 4.99 Å². The van der Waals surface area contributed by atoms with Crippen LogP contribution < -0.4 is 9.84 Å². The number of hydrogen-bond acceptors (Lipinski definition) is 6. The van der Waals surface area contributed by atoms with Gasteiger partial charge in [0.15, 0.2) is 0 Å². The third-order valence-electron chi connectivity index (χ3n) is 3.29. The lowest BCUT2D eigenvalue weighted by atomic mass is 10.1. The smallest absolute Gasteiger partial charge is 0.204 e. The molecule has 7 nitrogen and oxygen atoms in total. The van der Waals surface area contributed by atoms with Crippen molar-refractivity contribution < 1.29 is 9.84 Å². The fourth-order valence-corrected chi connectivity index (χ4v) is 2.11. The zero-order chi connectivity index (χ0) is 16.2. The van der Waals surface area contributed by atoms with E-state index in [9.17, 15) is 5.11 Å². The Morgan fingerprint density at radius 2 is 1.96 bits per heavy atom. The van der Waals surface area contributed by atoms with Crippen molar-refractivity contribution in [3.63, 3.8) is 0 Å². The summed E-state index contributed by atoms with van der Waals surface area (Å²) in [6, 6.07) is 12.4. The molecule has 1 heterocycles. The van der Waals surface area contributed by atoms with Crippen LogP contribution in [-0.2, 0) is 0 Å². The Labute approximate surface area is 132 Å². The first kappa shape index (κ1) is 14.7. The van der Waals surface area contributed by atoms with Gasteiger partial charge < -0.3 is 9.84 Å². The minimum atomic E-state index is -0.339. The molecule has 0 radical (unpaired) electrons. The van der Waals surface area contributed by atoms with Crippen molar-refractivity contribution in [1.82, 2.24) is 20.6 Å². The van der Waals surface area contributed by atoms with Gasteiger partial charge in [0.1, 0.15) is 11.4 Å². The summed E-state index contributed by atoms with van der Waals surface area (Å²) in [6.07, 6.45) is 0. The fraction of sp³-hybridized carbons (Fsp3) is 0.125. The molecule has 0 unspecified atom stereocenters. The van der Waals surface area contributed by atoms with Gasteiger partial charge in [-0.2, -0.15) is 5.21 Å². The molecule has 3 aromatic rings. The van der Waals surface area contributed by atoms with Crippen LogP contribution in [0.15, 0.2) is 47.5 Å². The summed E-state index contributed by atoms with van der Waals surface area (Å²) in [5, 5.41) is 26.0. The predicted molar refractivity (Wildman–Crippen MR) is 83.5 cm³/mol. The molecule has 0 aliphatic heterocycles. The number of rotatable bonds is 4. The number of hydrogen-bond donors (Lipinski definition) is 1. The van der Waals surface area contributed by atoms with Crippen molar-refractivity contribution in [3.8, 4) is 17.1 Å². The molecule has 2 aromatic carbocycles. The van der Waals surface area contributed by atoms with Crippen LogP contribution in [0.2, 0.25) is 0 Å². The molecule has 0 saturated heterocycles. The maximum atomic E-state index is 12.3. The fourth-order valence-electron chi connectivity index (χ4n) is 2.11. The first-order valence-electron chi connectivity index (χ1n) is 6.92. The Morgan fingerprint density at radius 3 is 2.61 bits per heavy atom. The molecule has 3 rings (SSSR count). The Kier molecular flexibility index (Phi) is 4.01. The molecular weight excluding hydrogens is 294 g/mol. The first-order valence-corrected chi connectivity index (χ1v) is 6.92. The molecule has 0 fully saturated rings. The molecular formula is C16H14N5O2-. The van der Waals surface area contributed by atoms with Crippen molar-refractivity contribution in [2.24, 2.45) is 4.99 Å². The molecule has 1 N–H and O–H groups in total. The van der Waals surface area contributed by atoms with Gasteiger partial charge in [-0.25, -0.2) is 0 Å². The quantitative estimate of drug-likeness (QED) is 0.583. The van der Waals surface area contributed by atoms with Crippen LogP contribution >= 0.6 is 0 Å². The number of benzene rings is 2. The van der Waals surface area contributed by atoms with Crippen LogP contribution in [0.1, 0.15) is 11.1 Å². The van der Waals surface area contributed by atoms with E-state index in [1.165, 1.54) is 0 Å². The van der Waals surface area contributed by atoms with E-state index < -0.39 is 0 Å². The van der Waals surface area contributed by atoms with Gasteiger partial charge in [0.2, 0.25) is 5.82 Å². The second-order valence-electron chi connectivity index (χ2n) is 4.91. The lowest BCUT2D eigenvalue weighted by Gasteiger charge is -2.13. The first-order chi connectivity index (χ1) is 11.2. The number of aliphatic imine (C=N–C) groups is 1. The number of aromatic amines is 1. The van der Waals surface area contributed by atoms with E-state index in [1.54, 1.807) is 37.4 Å². The van der Waals surface area contributed by atoms with Gasteiger partial charge in [-0.15, -0.1) is 10.2 Å². The van der Waals surface area contributed by atoms with E-state index in [2.05, 4.69) is 25.6 Å². The number of aromatic nitrogens is 4. The van der Waals surface area contributed by atoms with E-state index in [0.29, 0.717) is 22.8 Å². The summed E-state index contributed by atoms with van der Waals surface area (Å²) < 4.78 is 5.23. The van der Waals surface area contributed by atoms with E-state index in [4.69, 9.17) is 4.74 Å². The van der Waals surface area contributed by atoms with Crippen LogP contribution in [-0.4, -0.2) is 33.6 Å². The highest BCUT2D eigenvalue weighted by atomic mass is 16.5. The second kappa shape index (κ2) is 6.27. The topological polar surface area (TPSA) is 99.1 Å². The number of nitrogens with one attached hydrogen (secondary N) is 1. The third kappa shape index (κ3) is 3.18. The van der Waals surface area contributed by atoms with Gasteiger partial charge in [-0.1, -0.05) is 30.3 Å². The number of ether oxygens (including phenoxy) is 1. The third-order valence-corrected chi connectivity index (χ3v) is 3.29. The summed E-state index contributed by atoms with van der Waals surface area (Å²) >= 11 is 0.